The summed E-state index contributed by atoms with van der Waals surface area (Å²) in [5, 5.41) is 10.9. The fraction of sp³-hybridized carbons (Fsp3) is 0.733. The predicted octanol–water partition coefficient (Wildman–Crippen LogP) is 1.69. The molecule has 6 heteroatoms. The number of nitrogens with zero attached hydrogens (tertiary/aromatic N) is 2. The number of nitrogens with one attached hydrogen (secondary N) is 2. The zero-order valence-corrected chi connectivity index (χ0v) is 13.4. The fourth-order valence-corrected chi connectivity index (χ4v) is 3.19. The van der Waals surface area contributed by atoms with Crippen LogP contribution in [0.2, 0.25) is 0 Å². The van der Waals surface area contributed by atoms with Crippen LogP contribution in [0.25, 0.3) is 0 Å². The van der Waals surface area contributed by atoms with Crippen molar-refractivity contribution in [1.82, 2.24) is 20.4 Å². The first-order valence-corrected chi connectivity index (χ1v) is 7.72. The molecule has 1 aromatic heterocycles. The molecule has 2 aliphatic rings. The number of rotatable bonds is 5. The van der Waals surface area contributed by atoms with E-state index >= 15 is 0 Å². The molecule has 21 heavy (non-hydrogen) atoms. The quantitative estimate of drug-likeness (QED) is 0.870. The highest BCUT2D eigenvalue weighted by Gasteiger charge is 2.42. The Morgan fingerprint density at radius 3 is 2.76 bits per heavy atom. The molecule has 0 spiro atoms. The van der Waals surface area contributed by atoms with Gasteiger partial charge in [-0.25, -0.2) is 0 Å². The van der Waals surface area contributed by atoms with Gasteiger partial charge in [-0.1, -0.05) is 12.8 Å². The summed E-state index contributed by atoms with van der Waals surface area (Å²) in [7, 11) is 0. The maximum atomic E-state index is 12.8. The second-order valence-electron chi connectivity index (χ2n) is 6.29. The molecular formula is C15H25ClN4O. The molecule has 0 radical (unpaired) electrons. The van der Waals surface area contributed by atoms with E-state index < -0.39 is 5.54 Å². The average molecular weight is 313 g/mol. The normalized spacial score (nSPS) is 22.1. The summed E-state index contributed by atoms with van der Waals surface area (Å²) in [6, 6.07) is 2.15. The molecule has 1 saturated heterocycles. The number of carbonyl (C=O) groups excluding carboxylic acids is 1. The van der Waals surface area contributed by atoms with E-state index in [0.29, 0.717) is 0 Å². The molecule has 1 unspecified atom stereocenters. The van der Waals surface area contributed by atoms with Crippen molar-refractivity contribution in [2.75, 3.05) is 13.1 Å². The van der Waals surface area contributed by atoms with Gasteiger partial charge >= 0.3 is 0 Å². The lowest BCUT2D eigenvalue weighted by Gasteiger charge is -2.37. The highest BCUT2D eigenvalue weighted by Crippen LogP contribution is 2.34. The average Bonchev–Trinajstić information content (AvgIpc) is 3.08. The lowest BCUT2D eigenvalue weighted by Crippen LogP contribution is -2.56. The Balaban J connectivity index is 0.00000161. The highest BCUT2D eigenvalue weighted by atomic mass is 35.5. The van der Waals surface area contributed by atoms with Gasteiger partial charge in [0.05, 0.1) is 0 Å². The van der Waals surface area contributed by atoms with Crippen molar-refractivity contribution in [3.63, 3.8) is 0 Å². The molecule has 0 bridgehead atoms. The van der Waals surface area contributed by atoms with E-state index in [1.165, 1.54) is 12.8 Å². The molecular weight excluding hydrogens is 288 g/mol. The number of carbonyl (C=O) groups is 1. The van der Waals surface area contributed by atoms with E-state index in [2.05, 4.69) is 22.7 Å². The van der Waals surface area contributed by atoms with Crippen LogP contribution in [0.15, 0.2) is 18.5 Å². The molecule has 3 rings (SSSR count). The molecule has 1 aromatic rings. The predicted molar refractivity (Wildman–Crippen MR) is 84.5 cm³/mol. The third kappa shape index (κ3) is 3.58. The number of halogens is 1. The molecule has 2 N–H and O–H groups in total. The van der Waals surface area contributed by atoms with Crippen LogP contribution >= 0.6 is 12.4 Å². The van der Waals surface area contributed by atoms with Crippen molar-refractivity contribution >= 4 is 18.3 Å². The van der Waals surface area contributed by atoms with Crippen LogP contribution in [-0.2, 0) is 10.3 Å². The summed E-state index contributed by atoms with van der Waals surface area (Å²) in [6.45, 7) is 3.85. The van der Waals surface area contributed by atoms with E-state index in [9.17, 15) is 4.79 Å². The largest absolute Gasteiger partial charge is 0.352 e. The van der Waals surface area contributed by atoms with Gasteiger partial charge in [0.2, 0.25) is 5.91 Å². The van der Waals surface area contributed by atoms with Crippen LogP contribution in [0.5, 0.6) is 0 Å². The van der Waals surface area contributed by atoms with Gasteiger partial charge in [-0.2, -0.15) is 5.10 Å². The third-order valence-corrected chi connectivity index (χ3v) is 4.56. The number of aromatic nitrogens is 2. The van der Waals surface area contributed by atoms with Crippen LogP contribution in [0.1, 0.15) is 39.0 Å². The minimum absolute atomic E-state index is 0. The maximum Gasteiger partial charge on any atom is 0.248 e. The van der Waals surface area contributed by atoms with Crippen LogP contribution < -0.4 is 10.6 Å². The molecule has 1 aliphatic heterocycles. The summed E-state index contributed by atoms with van der Waals surface area (Å²) in [6.07, 6.45) is 9.04. The molecule has 1 atom stereocenters. The molecule has 2 fully saturated rings. The molecule has 1 aliphatic carbocycles. The number of amides is 1. The van der Waals surface area contributed by atoms with Crippen LogP contribution in [0, 0.1) is 5.92 Å². The number of hydrogen-bond donors (Lipinski definition) is 2. The highest BCUT2D eigenvalue weighted by molar-refractivity contribution is 5.85. The van der Waals surface area contributed by atoms with Crippen LogP contribution in [-0.4, -0.2) is 34.8 Å². The zero-order valence-electron chi connectivity index (χ0n) is 12.5. The summed E-state index contributed by atoms with van der Waals surface area (Å²) in [4.78, 5) is 12.8. The van der Waals surface area contributed by atoms with Crippen molar-refractivity contribution in [1.29, 1.82) is 0 Å². The third-order valence-electron chi connectivity index (χ3n) is 4.56. The van der Waals surface area contributed by atoms with Crippen molar-refractivity contribution in [3.8, 4) is 0 Å². The zero-order chi connectivity index (χ0) is 14.0. The first-order valence-electron chi connectivity index (χ1n) is 7.72. The maximum absolute atomic E-state index is 12.8. The van der Waals surface area contributed by atoms with Gasteiger partial charge in [-0.3, -0.25) is 9.48 Å². The van der Waals surface area contributed by atoms with E-state index in [4.69, 9.17) is 0 Å². The number of piperidine rings is 1. The van der Waals surface area contributed by atoms with Crippen LogP contribution in [0.3, 0.4) is 0 Å². The smallest absolute Gasteiger partial charge is 0.248 e. The molecule has 1 amide bonds. The Kier molecular flexibility index (Phi) is 5.27. The van der Waals surface area contributed by atoms with Gasteiger partial charge in [0.25, 0.3) is 0 Å². The molecule has 5 nitrogen and oxygen atoms in total. The lowest BCUT2D eigenvalue weighted by molar-refractivity contribution is -0.132. The Morgan fingerprint density at radius 1 is 1.48 bits per heavy atom. The molecule has 2 heterocycles. The first kappa shape index (κ1) is 16.3. The van der Waals surface area contributed by atoms with Crippen molar-refractivity contribution in [2.45, 2.75) is 50.6 Å². The Bertz CT molecular complexity index is 452. The monoisotopic (exact) mass is 312 g/mol. The Hall–Kier alpha value is -1.07. The second-order valence-corrected chi connectivity index (χ2v) is 6.29. The summed E-state index contributed by atoms with van der Waals surface area (Å²) in [5.41, 5.74) is -0.507. The van der Waals surface area contributed by atoms with E-state index in [1.807, 2.05) is 16.9 Å². The summed E-state index contributed by atoms with van der Waals surface area (Å²) < 4.78 is 1.85. The van der Waals surface area contributed by atoms with Gasteiger partial charge < -0.3 is 10.6 Å². The van der Waals surface area contributed by atoms with Crippen LogP contribution in [0.4, 0.5) is 0 Å². The van der Waals surface area contributed by atoms with Gasteiger partial charge in [-0.05, 0) is 51.3 Å². The SMILES string of the molecule is CC(CC1CC1)NC(=O)C1(n2cccn2)CCNCC1.Cl. The summed E-state index contributed by atoms with van der Waals surface area (Å²) in [5.74, 6) is 0.967. The summed E-state index contributed by atoms with van der Waals surface area (Å²) >= 11 is 0. The lowest BCUT2D eigenvalue weighted by atomic mass is 9.87. The Morgan fingerprint density at radius 2 is 2.19 bits per heavy atom. The minimum Gasteiger partial charge on any atom is -0.352 e. The van der Waals surface area contributed by atoms with Crippen molar-refractivity contribution in [2.24, 2.45) is 5.92 Å². The van der Waals surface area contributed by atoms with E-state index in [1.54, 1.807) is 6.20 Å². The fourth-order valence-electron chi connectivity index (χ4n) is 3.19. The Labute approximate surface area is 132 Å². The second kappa shape index (κ2) is 6.79. The van der Waals surface area contributed by atoms with Gasteiger partial charge in [0.15, 0.2) is 0 Å². The van der Waals surface area contributed by atoms with E-state index in [-0.39, 0.29) is 24.4 Å². The van der Waals surface area contributed by atoms with Gasteiger partial charge in [0.1, 0.15) is 5.54 Å². The van der Waals surface area contributed by atoms with Gasteiger partial charge in [-0.15, -0.1) is 12.4 Å². The molecule has 118 valence electrons. The standard InChI is InChI=1S/C15H24N4O.ClH/c1-12(11-13-3-4-13)18-14(20)15(5-8-16-9-6-15)19-10-2-7-17-19;/h2,7,10,12-13,16H,3-6,8-9,11H2,1H3,(H,18,20);1H. The first-order chi connectivity index (χ1) is 9.71. The van der Waals surface area contributed by atoms with Crippen molar-refractivity contribution < 1.29 is 4.79 Å². The minimum atomic E-state index is -0.507. The molecule has 0 aromatic carbocycles. The topological polar surface area (TPSA) is 59.0 Å². The van der Waals surface area contributed by atoms with Gasteiger partial charge in [0, 0.05) is 18.4 Å². The number of hydrogen-bond acceptors (Lipinski definition) is 3. The van der Waals surface area contributed by atoms with E-state index in [0.717, 1.165) is 38.3 Å². The van der Waals surface area contributed by atoms with Crippen molar-refractivity contribution in [3.05, 3.63) is 18.5 Å². The molecule has 1 saturated carbocycles.